The van der Waals surface area contributed by atoms with Crippen molar-refractivity contribution < 1.29 is 13.2 Å². The summed E-state index contributed by atoms with van der Waals surface area (Å²) < 4.78 is 35.4. The number of rotatable bonds is 3. The van der Waals surface area contributed by atoms with E-state index in [9.17, 15) is 13.2 Å². The second-order valence-electron chi connectivity index (χ2n) is 3.13. The largest absolute Gasteiger partial charge is 0.441 e. The van der Waals surface area contributed by atoms with Crippen LogP contribution in [0.1, 0.15) is 0 Å². The van der Waals surface area contributed by atoms with Gasteiger partial charge in [0.05, 0.1) is 6.54 Å². The molecule has 0 atom stereocenters. The Morgan fingerprint density at radius 3 is 2.47 bits per heavy atom. The molecule has 1 aliphatic heterocycles. The van der Waals surface area contributed by atoms with Crippen LogP contribution in [0.2, 0.25) is 0 Å². The monoisotopic (exact) mass is 401 g/mol. The number of hydrogen-bond acceptors (Lipinski definition) is 3. The standard InChI is InChI=1S/C8H14F3N3S2.HI/c9-8(10,11)16-4-1-13-7(12)14-2-5-15-6-3-14;/h1-6H2,(H2,12,13);1H. The van der Waals surface area contributed by atoms with E-state index in [4.69, 9.17) is 5.73 Å². The fourth-order valence-corrected chi connectivity index (χ4v) is 2.53. The molecular formula is C8H15F3IN3S2. The molecule has 17 heavy (non-hydrogen) atoms. The Bertz CT molecular complexity index is 245. The second-order valence-corrected chi connectivity index (χ2v) is 5.52. The first kappa shape index (κ1) is 17.5. The Labute approximate surface area is 124 Å². The van der Waals surface area contributed by atoms with Gasteiger partial charge in [0.2, 0.25) is 0 Å². The zero-order chi connectivity index (χ0) is 12.0. The van der Waals surface area contributed by atoms with Crippen LogP contribution in [0.4, 0.5) is 13.2 Å². The molecule has 3 nitrogen and oxygen atoms in total. The maximum absolute atomic E-state index is 11.8. The molecule has 0 unspecified atom stereocenters. The van der Waals surface area contributed by atoms with Crippen molar-refractivity contribution in [2.24, 2.45) is 10.7 Å². The van der Waals surface area contributed by atoms with E-state index >= 15 is 0 Å². The number of guanidine groups is 1. The van der Waals surface area contributed by atoms with E-state index in [1.165, 1.54) is 0 Å². The van der Waals surface area contributed by atoms with Crippen LogP contribution < -0.4 is 5.73 Å². The van der Waals surface area contributed by atoms with Gasteiger partial charge in [-0.05, 0) is 11.8 Å². The molecule has 0 spiro atoms. The molecule has 1 aliphatic rings. The first-order chi connectivity index (χ1) is 7.49. The highest BCUT2D eigenvalue weighted by Gasteiger charge is 2.27. The number of nitrogens with two attached hydrogens (primary N) is 1. The first-order valence-electron chi connectivity index (χ1n) is 4.82. The van der Waals surface area contributed by atoms with Crippen molar-refractivity contribution in [1.82, 2.24) is 4.90 Å². The van der Waals surface area contributed by atoms with Gasteiger partial charge >= 0.3 is 5.51 Å². The highest BCUT2D eigenvalue weighted by atomic mass is 127. The lowest BCUT2D eigenvalue weighted by atomic mass is 10.5. The zero-order valence-electron chi connectivity index (χ0n) is 9.07. The van der Waals surface area contributed by atoms with Crippen LogP contribution in [0.5, 0.6) is 0 Å². The summed E-state index contributed by atoms with van der Waals surface area (Å²) in [6.07, 6.45) is 0. The van der Waals surface area contributed by atoms with Gasteiger partial charge in [0, 0.05) is 30.3 Å². The molecule has 0 amide bonds. The Morgan fingerprint density at radius 1 is 1.35 bits per heavy atom. The maximum atomic E-state index is 11.8. The van der Waals surface area contributed by atoms with E-state index in [1.807, 2.05) is 16.7 Å². The van der Waals surface area contributed by atoms with Gasteiger partial charge in [0.15, 0.2) is 5.96 Å². The van der Waals surface area contributed by atoms with E-state index in [1.54, 1.807) is 0 Å². The van der Waals surface area contributed by atoms with Gasteiger partial charge in [0.25, 0.3) is 0 Å². The van der Waals surface area contributed by atoms with E-state index in [2.05, 4.69) is 4.99 Å². The molecule has 0 bridgehead atoms. The van der Waals surface area contributed by atoms with Crippen LogP contribution >= 0.6 is 47.5 Å². The fraction of sp³-hybridized carbons (Fsp3) is 0.875. The van der Waals surface area contributed by atoms with E-state index in [-0.39, 0.29) is 48.0 Å². The molecule has 1 saturated heterocycles. The summed E-state index contributed by atoms with van der Waals surface area (Å²) >= 11 is 1.78. The zero-order valence-corrected chi connectivity index (χ0v) is 13.0. The Balaban J connectivity index is 0.00000256. The summed E-state index contributed by atoms with van der Waals surface area (Å²) in [7, 11) is 0. The predicted molar refractivity (Wildman–Crippen MR) is 79.3 cm³/mol. The highest BCUT2D eigenvalue weighted by molar-refractivity contribution is 14.0. The molecule has 0 aliphatic carbocycles. The second kappa shape index (κ2) is 8.57. The van der Waals surface area contributed by atoms with Crippen molar-refractivity contribution >= 4 is 53.5 Å². The fourth-order valence-electron chi connectivity index (χ4n) is 1.21. The van der Waals surface area contributed by atoms with Gasteiger partial charge in [0.1, 0.15) is 0 Å². The minimum absolute atomic E-state index is 0. The molecule has 2 N–H and O–H groups in total. The third-order valence-corrected chi connectivity index (χ3v) is 3.62. The quantitative estimate of drug-likeness (QED) is 0.341. The molecule has 102 valence electrons. The SMILES string of the molecule is I.NC(=NCCSC(F)(F)F)N1CCSCC1. The number of hydrogen-bond donors (Lipinski definition) is 1. The third kappa shape index (κ3) is 8.25. The van der Waals surface area contributed by atoms with Gasteiger partial charge in [-0.1, -0.05) is 0 Å². The normalized spacial score (nSPS) is 17.8. The van der Waals surface area contributed by atoms with Gasteiger partial charge in [-0.2, -0.15) is 24.9 Å². The summed E-state index contributed by atoms with van der Waals surface area (Å²) in [5.74, 6) is 2.27. The molecule has 1 rings (SSSR count). The van der Waals surface area contributed by atoms with Gasteiger partial charge in [-0.25, -0.2) is 0 Å². The van der Waals surface area contributed by atoms with Crippen molar-refractivity contribution in [2.75, 3.05) is 36.9 Å². The molecule has 1 fully saturated rings. The molecule has 0 saturated carbocycles. The summed E-state index contributed by atoms with van der Waals surface area (Å²) in [5.41, 5.74) is 1.50. The molecule has 0 aromatic carbocycles. The Kier molecular flexibility index (Phi) is 8.81. The van der Waals surface area contributed by atoms with Crippen LogP contribution in [0.25, 0.3) is 0 Å². The molecular weight excluding hydrogens is 386 g/mol. The van der Waals surface area contributed by atoms with Crippen molar-refractivity contribution in [2.45, 2.75) is 5.51 Å². The number of alkyl halides is 3. The lowest BCUT2D eigenvalue weighted by Crippen LogP contribution is -2.42. The number of halogens is 4. The molecule has 9 heteroatoms. The number of aliphatic imine (C=N–C) groups is 1. The minimum Gasteiger partial charge on any atom is -0.370 e. The molecule has 0 radical (unpaired) electrons. The average Bonchev–Trinajstić information content (AvgIpc) is 2.24. The molecule has 1 heterocycles. The van der Waals surface area contributed by atoms with E-state index in [0.717, 1.165) is 24.6 Å². The minimum atomic E-state index is -4.17. The smallest absolute Gasteiger partial charge is 0.370 e. The molecule has 0 aromatic rings. The summed E-state index contributed by atoms with van der Waals surface area (Å²) in [4.78, 5) is 5.85. The topological polar surface area (TPSA) is 41.6 Å². The van der Waals surface area contributed by atoms with Gasteiger partial charge in [-0.15, -0.1) is 24.0 Å². The average molecular weight is 401 g/mol. The first-order valence-corrected chi connectivity index (χ1v) is 6.96. The van der Waals surface area contributed by atoms with Crippen LogP contribution in [0.15, 0.2) is 4.99 Å². The lowest BCUT2D eigenvalue weighted by Gasteiger charge is -2.27. The summed E-state index contributed by atoms with van der Waals surface area (Å²) in [5, 5.41) is 0. The van der Waals surface area contributed by atoms with Crippen molar-refractivity contribution in [3.63, 3.8) is 0 Å². The van der Waals surface area contributed by atoms with Crippen molar-refractivity contribution in [1.29, 1.82) is 0 Å². The van der Waals surface area contributed by atoms with Crippen molar-refractivity contribution in [3.05, 3.63) is 0 Å². The van der Waals surface area contributed by atoms with Crippen LogP contribution in [0, 0.1) is 0 Å². The number of nitrogens with zero attached hydrogens (tertiary/aromatic N) is 2. The molecule has 0 aromatic heterocycles. The van der Waals surface area contributed by atoms with E-state index < -0.39 is 5.51 Å². The van der Waals surface area contributed by atoms with E-state index in [0.29, 0.717) is 5.96 Å². The lowest BCUT2D eigenvalue weighted by molar-refractivity contribution is -0.0327. The van der Waals surface area contributed by atoms with Crippen LogP contribution in [-0.2, 0) is 0 Å². The number of thioether (sulfide) groups is 2. The summed E-state index contributed by atoms with van der Waals surface area (Å²) in [6, 6.07) is 0. The predicted octanol–water partition coefficient (Wildman–Crippen LogP) is 2.22. The maximum Gasteiger partial charge on any atom is 0.441 e. The van der Waals surface area contributed by atoms with Gasteiger partial charge in [-0.3, -0.25) is 4.99 Å². The Hall–Kier alpha value is 0.490. The van der Waals surface area contributed by atoms with Crippen LogP contribution in [0.3, 0.4) is 0 Å². The van der Waals surface area contributed by atoms with Crippen molar-refractivity contribution in [3.8, 4) is 0 Å². The third-order valence-electron chi connectivity index (χ3n) is 1.97. The Morgan fingerprint density at radius 2 is 1.94 bits per heavy atom. The highest BCUT2D eigenvalue weighted by Crippen LogP contribution is 2.29. The summed E-state index contributed by atoms with van der Waals surface area (Å²) in [6.45, 7) is 1.76. The van der Waals surface area contributed by atoms with Crippen LogP contribution in [-0.4, -0.2) is 53.3 Å². The van der Waals surface area contributed by atoms with Gasteiger partial charge < -0.3 is 10.6 Å².